The van der Waals surface area contributed by atoms with Crippen molar-refractivity contribution >= 4 is 33.8 Å². The van der Waals surface area contributed by atoms with Gasteiger partial charge in [-0.1, -0.05) is 34.1 Å². The molecule has 0 saturated carbocycles. The molecule has 0 aliphatic heterocycles. The zero-order valence-corrected chi connectivity index (χ0v) is 13.9. The molecule has 0 aromatic heterocycles. The van der Waals surface area contributed by atoms with Crippen LogP contribution in [0.5, 0.6) is 0 Å². The van der Waals surface area contributed by atoms with Crippen LogP contribution in [0.15, 0.2) is 53.0 Å². The molecule has 2 amide bonds. The Morgan fingerprint density at radius 3 is 2.43 bits per heavy atom. The zero-order chi connectivity index (χ0) is 16.8. The fourth-order valence-corrected chi connectivity index (χ4v) is 2.09. The second-order valence-corrected chi connectivity index (χ2v) is 5.65. The summed E-state index contributed by atoms with van der Waals surface area (Å²) >= 11 is 3.34. The molecule has 2 N–H and O–H groups in total. The highest BCUT2D eigenvalue weighted by Crippen LogP contribution is 2.17. The summed E-state index contributed by atoms with van der Waals surface area (Å²) in [6.07, 6.45) is 2.77. The molecule has 0 spiro atoms. The lowest BCUT2D eigenvalue weighted by atomic mass is 10.1. The van der Waals surface area contributed by atoms with Crippen LogP contribution >= 0.6 is 15.9 Å². The van der Waals surface area contributed by atoms with E-state index in [1.54, 1.807) is 30.3 Å². The minimum atomic E-state index is -0.492. The van der Waals surface area contributed by atoms with Crippen molar-refractivity contribution < 1.29 is 14.0 Å². The van der Waals surface area contributed by atoms with Crippen LogP contribution in [-0.4, -0.2) is 11.8 Å². The number of carbonyl (C=O) groups is 2. The van der Waals surface area contributed by atoms with Crippen LogP contribution in [0, 0.1) is 12.7 Å². The summed E-state index contributed by atoms with van der Waals surface area (Å²) in [4.78, 5) is 23.6. The van der Waals surface area contributed by atoms with E-state index in [0.717, 1.165) is 10.0 Å². The molecule has 0 unspecified atom stereocenters. The minimum absolute atomic E-state index is 0.344. The van der Waals surface area contributed by atoms with E-state index in [0.29, 0.717) is 11.1 Å². The lowest BCUT2D eigenvalue weighted by Crippen LogP contribution is -2.40. The van der Waals surface area contributed by atoms with E-state index < -0.39 is 11.8 Å². The summed E-state index contributed by atoms with van der Waals surface area (Å²) in [5.74, 6) is -1.26. The number of hydrogen-bond donors (Lipinski definition) is 2. The largest absolute Gasteiger partial charge is 0.269 e. The summed E-state index contributed by atoms with van der Waals surface area (Å²) < 4.78 is 13.6. The van der Waals surface area contributed by atoms with Gasteiger partial charge in [0.05, 0.1) is 0 Å². The number of benzene rings is 2. The van der Waals surface area contributed by atoms with Gasteiger partial charge in [-0.15, -0.1) is 0 Å². The number of hydrogen-bond acceptors (Lipinski definition) is 2. The monoisotopic (exact) mass is 376 g/mol. The van der Waals surface area contributed by atoms with E-state index in [-0.39, 0.29) is 5.82 Å². The van der Waals surface area contributed by atoms with Crippen molar-refractivity contribution in [3.05, 3.63) is 75.5 Å². The van der Waals surface area contributed by atoms with Crippen molar-refractivity contribution in [2.45, 2.75) is 6.92 Å². The summed E-state index contributed by atoms with van der Waals surface area (Å²) in [6, 6.07) is 10.8. The van der Waals surface area contributed by atoms with Gasteiger partial charge in [-0.05, 0) is 48.4 Å². The molecule has 0 radical (unpaired) electrons. The van der Waals surface area contributed by atoms with E-state index in [2.05, 4.69) is 26.8 Å². The van der Waals surface area contributed by atoms with Crippen molar-refractivity contribution in [2.24, 2.45) is 0 Å². The molecular formula is C17H14BrFN2O2. The van der Waals surface area contributed by atoms with Crippen molar-refractivity contribution in [1.29, 1.82) is 0 Å². The van der Waals surface area contributed by atoms with E-state index >= 15 is 0 Å². The number of rotatable bonds is 3. The van der Waals surface area contributed by atoms with Crippen LogP contribution in [0.2, 0.25) is 0 Å². The van der Waals surface area contributed by atoms with Gasteiger partial charge >= 0.3 is 0 Å². The predicted octanol–water partition coefficient (Wildman–Crippen LogP) is 3.37. The lowest BCUT2D eigenvalue weighted by molar-refractivity contribution is -0.117. The van der Waals surface area contributed by atoms with E-state index in [4.69, 9.17) is 0 Å². The SMILES string of the molecule is Cc1ccc(C(=O)NNC(=O)C=Cc2ccc(F)cc2)cc1Br. The molecule has 0 heterocycles. The lowest BCUT2D eigenvalue weighted by Gasteiger charge is -2.06. The van der Waals surface area contributed by atoms with E-state index in [1.807, 2.05) is 6.92 Å². The second kappa shape index (κ2) is 7.69. The molecule has 6 heteroatoms. The topological polar surface area (TPSA) is 58.2 Å². The molecule has 0 atom stereocenters. The van der Waals surface area contributed by atoms with Gasteiger partial charge in [0.2, 0.25) is 0 Å². The maximum absolute atomic E-state index is 12.8. The Morgan fingerprint density at radius 2 is 1.78 bits per heavy atom. The van der Waals surface area contributed by atoms with Crippen molar-refractivity contribution in [1.82, 2.24) is 10.9 Å². The van der Waals surface area contributed by atoms with Gasteiger partial charge in [-0.2, -0.15) is 0 Å². The number of aryl methyl sites for hydroxylation is 1. The molecule has 0 aliphatic rings. The maximum atomic E-state index is 12.8. The van der Waals surface area contributed by atoms with Crippen molar-refractivity contribution in [2.75, 3.05) is 0 Å². The normalized spacial score (nSPS) is 10.6. The summed E-state index contributed by atoms with van der Waals surface area (Å²) in [5.41, 5.74) is 6.71. The zero-order valence-electron chi connectivity index (χ0n) is 12.3. The molecule has 0 bridgehead atoms. The average molecular weight is 377 g/mol. The molecule has 0 aliphatic carbocycles. The number of carbonyl (C=O) groups excluding carboxylic acids is 2. The Bertz CT molecular complexity index is 758. The Hall–Kier alpha value is -2.47. The molecule has 0 fully saturated rings. The van der Waals surface area contributed by atoms with Gasteiger partial charge in [0.15, 0.2) is 0 Å². The van der Waals surface area contributed by atoms with Crippen LogP contribution in [0.25, 0.3) is 6.08 Å². The number of amides is 2. The molecule has 23 heavy (non-hydrogen) atoms. The fourth-order valence-electron chi connectivity index (χ4n) is 1.71. The third-order valence-corrected chi connectivity index (χ3v) is 3.88. The van der Waals surface area contributed by atoms with Gasteiger partial charge < -0.3 is 0 Å². The van der Waals surface area contributed by atoms with Crippen molar-refractivity contribution in [3.63, 3.8) is 0 Å². The number of nitrogens with one attached hydrogen (secondary N) is 2. The fraction of sp³-hybridized carbons (Fsp3) is 0.0588. The average Bonchev–Trinajstić information content (AvgIpc) is 2.54. The summed E-state index contributed by atoms with van der Waals surface area (Å²) in [6.45, 7) is 1.91. The van der Waals surface area contributed by atoms with Crippen LogP contribution < -0.4 is 10.9 Å². The number of halogens is 2. The highest BCUT2D eigenvalue weighted by molar-refractivity contribution is 9.10. The first-order valence-corrected chi connectivity index (χ1v) is 7.55. The van der Waals surface area contributed by atoms with Crippen LogP contribution in [0.1, 0.15) is 21.5 Å². The summed E-state index contributed by atoms with van der Waals surface area (Å²) in [5, 5.41) is 0. The Kier molecular flexibility index (Phi) is 5.65. The van der Waals surface area contributed by atoms with E-state index in [9.17, 15) is 14.0 Å². The molecule has 2 aromatic rings. The summed E-state index contributed by atoms with van der Waals surface area (Å²) in [7, 11) is 0. The maximum Gasteiger partial charge on any atom is 0.269 e. The number of hydrazine groups is 1. The molecule has 2 rings (SSSR count). The van der Waals surface area contributed by atoms with Gasteiger partial charge in [0.25, 0.3) is 11.8 Å². The van der Waals surface area contributed by atoms with E-state index in [1.165, 1.54) is 24.3 Å². The van der Waals surface area contributed by atoms with Crippen LogP contribution in [0.4, 0.5) is 4.39 Å². The first-order chi connectivity index (χ1) is 11.0. The Labute approximate surface area is 141 Å². The molecule has 2 aromatic carbocycles. The van der Waals surface area contributed by atoms with Gasteiger partial charge in [0, 0.05) is 16.1 Å². The Morgan fingerprint density at radius 1 is 1.09 bits per heavy atom. The predicted molar refractivity (Wildman–Crippen MR) is 89.9 cm³/mol. The van der Waals surface area contributed by atoms with Gasteiger partial charge in [-0.25, -0.2) is 4.39 Å². The van der Waals surface area contributed by atoms with Gasteiger partial charge in [0.1, 0.15) is 5.82 Å². The molecular weight excluding hydrogens is 363 g/mol. The molecule has 0 saturated heterocycles. The third kappa shape index (κ3) is 5.03. The third-order valence-electron chi connectivity index (χ3n) is 3.03. The quantitative estimate of drug-likeness (QED) is 0.637. The van der Waals surface area contributed by atoms with Crippen LogP contribution in [0.3, 0.4) is 0 Å². The Balaban J connectivity index is 1.89. The first kappa shape index (κ1) is 16.9. The molecule has 4 nitrogen and oxygen atoms in total. The van der Waals surface area contributed by atoms with Crippen LogP contribution in [-0.2, 0) is 4.79 Å². The highest BCUT2D eigenvalue weighted by atomic mass is 79.9. The van der Waals surface area contributed by atoms with Gasteiger partial charge in [-0.3, -0.25) is 20.4 Å². The van der Waals surface area contributed by atoms with Crippen molar-refractivity contribution in [3.8, 4) is 0 Å². The first-order valence-electron chi connectivity index (χ1n) is 6.76. The highest BCUT2D eigenvalue weighted by Gasteiger charge is 2.07. The minimum Gasteiger partial charge on any atom is -0.268 e. The standard InChI is InChI=1S/C17H14BrFN2O2/c1-11-2-6-13(10-15(11)18)17(23)21-20-16(22)9-5-12-3-7-14(19)8-4-12/h2-10H,1H3,(H,20,22)(H,21,23). The second-order valence-electron chi connectivity index (χ2n) is 4.79. The molecule has 118 valence electrons. The smallest absolute Gasteiger partial charge is 0.268 e.